The molecule has 2 rings (SSSR count). The highest BCUT2D eigenvalue weighted by atomic mass is 35.5. The predicted octanol–water partition coefficient (Wildman–Crippen LogP) is 2.15. The zero-order chi connectivity index (χ0) is 14.8. The third-order valence-electron chi connectivity index (χ3n) is 3.37. The monoisotopic (exact) mass is 297 g/mol. The van der Waals surface area contributed by atoms with Crippen LogP contribution >= 0.6 is 11.6 Å². The van der Waals surface area contributed by atoms with Crippen molar-refractivity contribution in [2.24, 2.45) is 0 Å². The van der Waals surface area contributed by atoms with Crippen molar-refractivity contribution in [1.29, 1.82) is 0 Å². The molecule has 6 heteroatoms. The van der Waals surface area contributed by atoms with Crippen molar-refractivity contribution in [3.8, 4) is 0 Å². The molecule has 5 nitrogen and oxygen atoms in total. The summed E-state index contributed by atoms with van der Waals surface area (Å²) in [5.74, 6) is 0.456. The van der Waals surface area contributed by atoms with E-state index in [9.17, 15) is 9.90 Å². The summed E-state index contributed by atoms with van der Waals surface area (Å²) in [4.78, 5) is 18.1. The Morgan fingerprint density at radius 1 is 1.65 bits per heavy atom. The number of aromatic nitrogens is 1. The largest absolute Gasteiger partial charge is 0.388 e. The summed E-state index contributed by atoms with van der Waals surface area (Å²) < 4.78 is 0. The Morgan fingerprint density at radius 3 is 2.95 bits per heavy atom. The number of rotatable bonds is 4. The van der Waals surface area contributed by atoms with Crippen LogP contribution < -0.4 is 5.32 Å². The van der Waals surface area contributed by atoms with Crippen molar-refractivity contribution in [3.05, 3.63) is 22.8 Å². The fourth-order valence-corrected chi connectivity index (χ4v) is 2.46. The summed E-state index contributed by atoms with van der Waals surface area (Å²) in [5, 5.41) is 13.5. The maximum Gasteiger partial charge on any atom is 0.255 e. The first-order chi connectivity index (χ1) is 9.43. The number of amides is 1. The molecule has 0 aromatic carbocycles. The van der Waals surface area contributed by atoms with Gasteiger partial charge in [0.2, 0.25) is 0 Å². The lowest BCUT2D eigenvalue weighted by atomic mass is 10.1. The van der Waals surface area contributed by atoms with Crippen LogP contribution in [0.25, 0.3) is 0 Å². The van der Waals surface area contributed by atoms with E-state index in [1.165, 1.54) is 6.20 Å². The second-order valence-electron chi connectivity index (χ2n) is 5.45. The summed E-state index contributed by atoms with van der Waals surface area (Å²) >= 11 is 6.13. The quantitative estimate of drug-likeness (QED) is 0.894. The van der Waals surface area contributed by atoms with Crippen LogP contribution in [0.5, 0.6) is 0 Å². The van der Waals surface area contributed by atoms with Crippen molar-refractivity contribution in [2.45, 2.75) is 32.3 Å². The number of halogens is 1. The van der Waals surface area contributed by atoms with Crippen molar-refractivity contribution >= 4 is 23.3 Å². The molecule has 0 spiro atoms. The minimum atomic E-state index is -0.796. The van der Waals surface area contributed by atoms with Gasteiger partial charge < -0.3 is 15.3 Å². The molecule has 1 aliphatic heterocycles. The van der Waals surface area contributed by atoms with Gasteiger partial charge in [0, 0.05) is 25.8 Å². The van der Waals surface area contributed by atoms with Crippen molar-refractivity contribution in [1.82, 2.24) is 9.88 Å². The zero-order valence-corrected chi connectivity index (χ0v) is 12.6. The van der Waals surface area contributed by atoms with Crippen molar-refractivity contribution in [3.63, 3.8) is 0 Å². The summed E-state index contributed by atoms with van der Waals surface area (Å²) in [5.41, 5.74) is -0.343. The molecule has 2 N–H and O–H groups in total. The Bertz CT molecular complexity index is 505. The van der Waals surface area contributed by atoms with E-state index < -0.39 is 5.60 Å². The van der Waals surface area contributed by atoms with Gasteiger partial charge in [0.25, 0.3) is 5.91 Å². The van der Waals surface area contributed by atoms with Gasteiger partial charge in [-0.05, 0) is 25.8 Å². The molecule has 1 aromatic heterocycles. The SMILES string of the molecule is CCCNc1ncc(C(=O)N2CCC(C)(O)C2)cc1Cl. The molecule has 0 radical (unpaired) electrons. The van der Waals surface area contributed by atoms with E-state index >= 15 is 0 Å². The molecule has 1 amide bonds. The Hall–Kier alpha value is -1.33. The van der Waals surface area contributed by atoms with Crippen molar-refractivity contribution < 1.29 is 9.90 Å². The summed E-state index contributed by atoms with van der Waals surface area (Å²) in [6.07, 6.45) is 3.09. The first-order valence-corrected chi connectivity index (χ1v) is 7.22. The lowest BCUT2D eigenvalue weighted by molar-refractivity contribution is 0.0572. The predicted molar refractivity (Wildman–Crippen MR) is 79.2 cm³/mol. The van der Waals surface area contributed by atoms with Crippen LogP contribution in [0, 0.1) is 0 Å². The Morgan fingerprint density at radius 2 is 2.40 bits per heavy atom. The van der Waals surface area contributed by atoms with E-state index in [1.807, 2.05) is 0 Å². The van der Waals surface area contributed by atoms with E-state index in [0.29, 0.717) is 35.9 Å². The number of likely N-dealkylation sites (tertiary alicyclic amines) is 1. The van der Waals surface area contributed by atoms with E-state index in [4.69, 9.17) is 11.6 Å². The van der Waals surface area contributed by atoms with Gasteiger partial charge in [0.05, 0.1) is 16.2 Å². The third kappa shape index (κ3) is 3.41. The average Bonchev–Trinajstić information content (AvgIpc) is 2.77. The van der Waals surface area contributed by atoms with Gasteiger partial charge in [-0.15, -0.1) is 0 Å². The first kappa shape index (κ1) is 15.1. The molecule has 110 valence electrons. The molecule has 1 fully saturated rings. The number of carbonyl (C=O) groups is 1. The number of carbonyl (C=O) groups excluding carboxylic acids is 1. The van der Waals surface area contributed by atoms with Crippen LogP contribution in [-0.4, -0.2) is 46.1 Å². The van der Waals surface area contributed by atoms with Gasteiger partial charge in [-0.1, -0.05) is 18.5 Å². The number of aliphatic hydroxyl groups is 1. The molecule has 0 aliphatic carbocycles. The Balaban J connectivity index is 2.09. The average molecular weight is 298 g/mol. The van der Waals surface area contributed by atoms with Gasteiger partial charge >= 0.3 is 0 Å². The van der Waals surface area contributed by atoms with Crippen LogP contribution in [0.15, 0.2) is 12.3 Å². The Labute approximate surface area is 123 Å². The molecule has 20 heavy (non-hydrogen) atoms. The smallest absolute Gasteiger partial charge is 0.255 e. The molecule has 1 unspecified atom stereocenters. The molecule has 1 atom stereocenters. The highest BCUT2D eigenvalue weighted by molar-refractivity contribution is 6.33. The number of nitrogens with one attached hydrogen (secondary N) is 1. The fraction of sp³-hybridized carbons (Fsp3) is 0.571. The first-order valence-electron chi connectivity index (χ1n) is 6.84. The number of nitrogens with zero attached hydrogens (tertiary/aromatic N) is 2. The summed E-state index contributed by atoms with van der Waals surface area (Å²) in [6, 6.07) is 1.63. The molecule has 1 aliphatic rings. The second-order valence-corrected chi connectivity index (χ2v) is 5.86. The molecule has 0 saturated carbocycles. The van der Waals surface area contributed by atoms with E-state index in [0.717, 1.165) is 13.0 Å². The number of hydrogen-bond donors (Lipinski definition) is 2. The normalized spacial score (nSPS) is 22.1. The highest BCUT2D eigenvalue weighted by Gasteiger charge is 2.34. The summed E-state index contributed by atoms with van der Waals surface area (Å²) in [6.45, 7) is 5.48. The fourth-order valence-electron chi connectivity index (χ4n) is 2.23. The van der Waals surface area contributed by atoms with Gasteiger partial charge in [-0.2, -0.15) is 0 Å². The van der Waals surface area contributed by atoms with Gasteiger partial charge in [-0.25, -0.2) is 4.98 Å². The number of anilines is 1. The number of hydrogen-bond acceptors (Lipinski definition) is 4. The lowest BCUT2D eigenvalue weighted by Gasteiger charge is -2.19. The van der Waals surface area contributed by atoms with E-state index in [1.54, 1.807) is 17.9 Å². The molecule has 0 bridgehead atoms. The van der Waals surface area contributed by atoms with Gasteiger partial charge in [0.15, 0.2) is 0 Å². The molecule has 1 saturated heterocycles. The van der Waals surface area contributed by atoms with Crippen LogP contribution in [0.2, 0.25) is 5.02 Å². The van der Waals surface area contributed by atoms with Gasteiger partial charge in [-0.3, -0.25) is 4.79 Å². The van der Waals surface area contributed by atoms with Gasteiger partial charge in [0.1, 0.15) is 5.82 Å². The Kier molecular flexibility index (Phi) is 4.50. The minimum absolute atomic E-state index is 0.140. The topological polar surface area (TPSA) is 65.5 Å². The van der Waals surface area contributed by atoms with Crippen molar-refractivity contribution in [2.75, 3.05) is 25.0 Å². The molecular weight excluding hydrogens is 278 g/mol. The van der Waals surface area contributed by atoms with Crippen LogP contribution in [0.1, 0.15) is 37.0 Å². The lowest BCUT2D eigenvalue weighted by Crippen LogP contribution is -2.33. The third-order valence-corrected chi connectivity index (χ3v) is 3.66. The van der Waals surface area contributed by atoms with Crippen LogP contribution in [0.3, 0.4) is 0 Å². The van der Waals surface area contributed by atoms with E-state index in [2.05, 4.69) is 17.2 Å². The minimum Gasteiger partial charge on any atom is -0.388 e. The molecular formula is C14H20ClN3O2. The second kappa shape index (κ2) is 5.97. The van der Waals surface area contributed by atoms with Crippen LogP contribution in [-0.2, 0) is 0 Å². The van der Waals surface area contributed by atoms with E-state index in [-0.39, 0.29) is 5.91 Å². The maximum absolute atomic E-state index is 12.3. The van der Waals surface area contributed by atoms with Crippen LogP contribution in [0.4, 0.5) is 5.82 Å². The molecule has 2 heterocycles. The maximum atomic E-state index is 12.3. The summed E-state index contributed by atoms with van der Waals surface area (Å²) in [7, 11) is 0. The molecule has 1 aromatic rings. The number of pyridine rings is 1. The highest BCUT2D eigenvalue weighted by Crippen LogP contribution is 2.24. The standard InChI is InChI=1S/C14H20ClN3O2/c1-3-5-16-12-11(15)7-10(8-17-12)13(19)18-6-4-14(2,20)9-18/h7-8,20H,3-6,9H2,1-2H3,(H,16,17). The number of β-amino-alcohol motifs (C(OH)–C–C–N with tert-alkyl or cyclic N) is 1. The zero-order valence-electron chi connectivity index (χ0n) is 11.8.